The van der Waals surface area contributed by atoms with E-state index in [1.165, 1.54) is 0 Å². The predicted molar refractivity (Wildman–Crippen MR) is 106 cm³/mol. The van der Waals surface area contributed by atoms with Gasteiger partial charge in [0.1, 0.15) is 5.75 Å². The maximum absolute atomic E-state index is 10.8. The average Bonchev–Trinajstić information content (AvgIpc) is 2.90. The quantitative estimate of drug-likeness (QED) is 0.733. The van der Waals surface area contributed by atoms with Gasteiger partial charge >= 0.3 is 0 Å². The van der Waals surface area contributed by atoms with Crippen LogP contribution >= 0.6 is 0 Å². The Balaban J connectivity index is 2.18. The fraction of sp³-hybridized carbons (Fsp3) is 0.364. The van der Waals surface area contributed by atoms with Crippen LogP contribution in [0, 0.1) is 0 Å². The molecule has 1 aromatic carbocycles. The third-order valence-electron chi connectivity index (χ3n) is 4.49. The van der Waals surface area contributed by atoms with Crippen LogP contribution in [0.4, 0.5) is 5.82 Å². The van der Waals surface area contributed by atoms with Crippen molar-refractivity contribution in [3.8, 4) is 5.75 Å². The Morgan fingerprint density at radius 2 is 1.56 bits per heavy atom. The van der Waals surface area contributed by atoms with E-state index in [0.29, 0.717) is 5.75 Å². The lowest BCUT2D eigenvalue weighted by Gasteiger charge is -2.28. The fourth-order valence-electron chi connectivity index (χ4n) is 3.10. The maximum atomic E-state index is 10.8. The van der Waals surface area contributed by atoms with Gasteiger partial charge in [-0.3, -0.25) is 0 Å². The molecule has 130 valence electrons. The number of phenols is 1. The first kappa shape index (κ1) is 17.4. The summed E-state index contributed by atoms with van der Waals surface area (Å²) in [4.78, 5) is 8.68. The highest BCUT2D eigenvalue weighted by Crippen LogP contribution is 2.40. The van der Waals surface area contributed by atoms with Gasteiger partial charge in [-0.05, 0) is 46.7 Å². The molecular weight excluding hydrogens is 308 g/mol. The number of aromatic hydroxyl groups is 1. The van der Waals surface area contributed by atoms with Crippen LogP contribution in [-0.4, -0.2) is 16.3 Å². The Hall–Kier alpha value is -2.42. The van der Waals surface area contributed by atoms with Crippen LogP contribution in [0.5, 0.6) is 5.75 Å². The Morgan fingerprint density at radius 3 is 2.12 bits per heavy atom. The van der Waals surface area contributed by atoms with Crippen LogP contribution in [0.15, 0.2) is 35.5 Å². The zero-order chi connectivity index (χ0) is 18.4. The smallest absolute Gasteiger partial charge is 0.159 e. The molecule has 1 aromatic heterocycles. The van der Waals surface area contributed by atoms with E-state index in [1.807, 2.05) is 18.3 Å². The van der Waals surface area contributed by atoms with E-state index in [0.717, 1.165) is 33.6 Å². The monoisotopic (exact) mass is 334 g/mol. The predicted octanol–water partition coefficient (Wildman–Crippen LogP) is 5.64. The van der Waals surface area contributed by atoms with Gasteiger partial charge in [0.15, 0.2) is 5.82 Å². The first-order valence-corrected chi connectivity index (χ1v) is 8.66. The SMILES string of the molecule is CC(C)(C)c1cc(C=C2C=Nc3ncccc32)cc(C(C)(C)C)c1O. The number of hydrogen-bond donors (Lipinski definition) is 1. The van der Waals surface area contributed by atoms with Gasteiger partial charge in [0.2, 0.25) is 0 Å². The molecule has 3 rings (SSSR count). The Bertz CT molecular complexity index is 843. The second kappa shape index (κ2) is 5.83. The summed E-state index contributed by atoms with van der Waals surface area (Å²) in [6.45, 7) is 12.8. The van der Waals surface area contributed by atoms with Gasteiger partial charge in [-0.2, -0.15) is 0 Å². The zero-order valence-corrected chi connectivity index (χ0v) is 15.9. The summed E-state index contributed by atoms with van der Waals surface area (Å²) >= 11 is 0. The van der Waals surface area contributed by atoms with Crippen molar-refractivity contribution in [1.82, 2.24) is 4.98 Å². The molecule has 2 aromatic rings. The van der Waals surface area contributed by atoms with Crippen molar-refractivity contribution >= 4 is 23.7 Å². The summed E-state index contributed by atoms with van der Waals surface area (Å²) in [6, 6.07) is 8.13. The highest BCUT2D eigenvalue weighted by Gasteiger charge is 2.26. The van der Waals surface area contributed by atoms with Crippen molar-refractivity contribution < 1.29 is 5.11 Å². The molecule has 2 heterocycles. The van der Waals surface area contributed by atoms with Crippen molar-refractivity contribution in [2.75, 3.05) is 0 Å². The lowest BCUT2D eigenvalue weighted by Crippen LogP contribution is -2.17. The number of aromatic nitrogens is 1. The summed E-state index contributed by atoms with van der Waals surface area (Å²) < 4.78 is 0. The van der Waals surface area contributed by atoms with E-state index in [4.69, 9.17) is 0 Å². The van der Waals surface area contributed by atoms with Gasteiger partial charge in [-0.1, -0.05) is 41.5 Å². The van der Waals surface area contributed by atoms with E-state index in [9.17, 15) is 5.11 Å². The molecule has 3 heteroatoms. The van der Waals surface area contributed by atoms with E-state index in [2.05, 4.69) is 69.7 Å². The number of hydrogen-bond acceptors (Lipinski definition) is 3. The van der Waals surface area contributed by atoms with E-state index in [1.54, 1.807) is 6.20 Å². The standard InChI is InChI=1S/C22H26N2O/c1-21(2,3)17-11-14(12-18(19(17)25)22(4,5)6)10-15-13-24-20-16(15)8-7-9-23-20/h7-13,25H,1-6H3. The molecule has 1 aliphatic rings. The van der Waals surface area contributed by atoms with Crippen molar-refractivity contribution in [3.63, 3.8) is 0 Å². The Labute approximate surface area is 150 Å². The largest absolute Gasteiger partial charge is 0.507 e. The van der Waals surface area contributed by atoms with Crippen LogP contribution in [-0.2, 0) is 10.8 Å². The summed E-state index contributed by atoms with van der Waals surface area (Å²) in [5, 5.41) is 10.8. The second-order valence-corrected chi connectivity index (χ2v) is 8.70. The average molecular weight is 334 g/mol. The summed E-state index contributed by atoms with van der Waals surface area (Å²) in [6.07, 6.45) is 5.74. The molecule has 1 aliphatic heterocycles. The topological polar surface area (TPSA) is 45.5 Å². The van der Waals surface area contributed by atoms with Crippen molar-refractivity contribution in [3.05, 3.63) is 52.7 Å². The lowest BCUT2D eigenvalue weighted by atomic mass is 9.78. The number of rotatable bonds is 1. The number of fused-ring (bicyclic) bond motifs is 1. The van der Waals surface area contributed by atoms with Gasteiger partial charge in [-0.25, -0.2) is 9.98 Å². The van der Waals surface area contributed by atoms with E-state index < -0.39 is 0 Å². The highest BCUT2D eigenvalue weighted by atomic mass is 16.3. The number of allylic oxidation sites excluding steroid dienone is 1. The maximum Gasteiger partial charge on any atom is 0.159 e. The molecule has 0 atom stereocenters. The first-order valence-electron chi connectivity index (χ1n) is 8.66. The third kappa shape index (κ3) is 3.37. The molecule has 0 saturated carbocycles. The molecule has 0 saturated heterocycles. The minimum Gasteiger partial charge on any atom is -0.507 e. The first-order chi connectivity index (χ1) is 11.6. The minimum absolute atomic E-state index is 0.137. The van der Waals surface area contributed by atoms with E-state index in [-0.39, 0.29) is 10.8 Å². The molecule has 0 amide bonds. The van der Waals surface area contributed by atoms with Crippen LogP contribution in [0.3, 0.4) is 0 Å². The van der Waals surface area contributed by atoms with Crippen molar-refractivity contribution in [2.24, 2.45) is 4.99 Å². The summed E-state index contributed by atoms with van der Waals surface area (Å²) in [5.74, 6) is 1.17. The number of benzene rings is 1. The van der Waals surface area contributed by atoms with Crippen LogP contribution in [0.2, 0.25) is 0 Å². The molecule has 0 bridgehead atoms. The van der Waals surface area contributed by atoms with Gasteiger partial charge in [0.25, 0.3) is 0 Å². The van der Waals surface area contributed by atoms with Crippen molar-refractivity contribution in [1.29, 1.82) is 0 Å². The molecule has 0 radical (unpaired) electrons. The number of phenolic OH excluding ortho intramolecular Hbond substituents is 1. The summed E-state index contributed by atoms with van der Waals surface area (Å²) in [5.41, 5.74) is 4.83. The van der Waals surface area contributed by atoms with Crippen LogP contribution in [0.1, 0.15) is 63.8 Å². The lowest BCUT2D eigenvalue weighted by molar-refractivity contribution is 0.423. The zero-order valence-electron chi connectivity index (χ0n) is 15.9. The molecule has 3 nitrogen and oxygen atoms in total. The molecule has 0 spiro atoms. The molecule has 0 fully saturated rings. The van der Waals surface area contributed by atoms with Crippen molar-refractivity contribution in [2.45, 2.75) is 52.4 Å². The molecule has 0 aliphatic carbocycles. The third-order valence-corrected chi connectivity index (χ3v) is 4.49. The summed E-state index contributed by atoms with van der Waals surface area (Å²) in [7, 11) is 0. The molecular formula is C22H26N2O. The van der Waals surface area contributed by atoms with Crippen LogP contribution < -0.4 is 0 Å². The molecule has 25 heavy (non-hydrogen) atoms. The molecule has 0 unspecified atom stereocenters. The Morgan fingerprint density at radius 1 is 0.960 bits per heavy atom. The fourth-order valence-corrected chi connectivity index (χ4v) is 3.10. The second-order valence-electron chi connectivity index (χ2n) is 8.70. The van der Waals surface area contributed by atoms with Gasteiger partial charge in [0.05, 0.1) is 0 Å². The van der Waals surface area contributed by atoms with Gasteiger partial charge in [-0.15, -0.1) is 0 Å². The van der Waals surface area contributed by atoms with Crippen LogP contribution in [0.25, 0.3) is 11.6 Å². The minimum atomic E-state index is -0.137. The molecule has 1 N–H and O–H groups in total. The van der Waals surface area contributed by atoms with Gasteiger partial charge in [0, 0.05) is 34.7 Å². The van der Waals surface area contributed by atoms with Gasteiger partial charge < -0.3 is 5.11 Å². The normalized spacial score (nSPS) is 15.7. The Kier molecular flexibility index (Phi) is 4.06. The highest BCUT2D eigenvalue weighted by molar-refractivity contribution is 6.20. The van der Waals surface area contributed by atoms with E-state index >= 15 is 0 Å². The number of pyridine rings is 1. The number of aliphatic imine (C=N–C) groups is 1. The number of nitrogens with zero attached hydrogens (tertiary/aromatic N) is 2.